The molecule has 0 fully saturated rings. The van der Waals surface area contributed by atoms with Crippen LogP contribution in [0.3, 0.4) is 0 Å². The number of rotatable bonds is 3. The van der Waals surface area contributed by atoms with E-state index in [0.717, 1.165) is 22.4 Å². The number of pyridine rings is 1. The summed E-state index contributed by atoms with van der Waals surface area (Å²) in [6.45, 7) is 6.66. The van der Waals surface area contributed by atoms with E-state index in [2.05, 4.69) is 75.5 Å². The predicted molar refractivity (Wildman–Crippen MR) is 134 cm³/mol. The Labute approximate surface area is 194 Å². The monoisotopic (exact) mass is 431 g/mol. The topological polar surface area (TPSA) is 3.88 Å². The van der Waals surface area contributed by atoms with Crippen LogP contribution in [-0.2, 0) is 5.41 Å². The highest BCUT2D eigenvalue weighted by atomic mass is 19.1. The molecule has 0 bridgehead atoms. The van der Waals surface area contributed by atoms with E-state index in [9.17, 15) is 4.39 Å². The minimum Gasteiger partial charge on any atom is -0.284 e. The molecule has 5 aromatic rings. The van der Waals surface area contributed by atoms with Crippen LogP contribution in [0.5, 0.6) is 0 Å². The van der Waals surface area contributed by atoms with Crippen LogP contribution in [0.4, 0.5) is 4.39 Å². The molecule has 0 saturated carbocycles. The van der Waals surface area contributed by atoms with E-state index in [4.69, 9.17) is 0 Å². The Morgan fingerprint density at radius 1 is 0.727 bits per heavy atom. The number of benzene rings is 4. The summed E-state index contributed by atoms with van der Waals surface area (Å²) in [6, 6.07) is 32.4. The zero-order valence-electron chi connectivity index (χ0n) is 19.1. The summed E-state index contributed by atoms with van der Waals surface area (Å²) < 4.78 is 16.8. The average molecular weight is 432 g/mol. The third-order valence-electron chi connectivity index (χ3n) is 6.08. The fraction of sp³-hybridized carbons (Fsp3) is 0.129. The van der Waals surface area contributed by atoms with E-state index in [1.165, 1.54) is 22.4 Å². The van der Waals surface area contributed by atoms with Gasteiger partial charge in [-0.1, -0.05) is 99.6 Å². The molecule has 0 aliphatic rings. The molecule has 4 aromatic carbocycles. The van der Waals surface area contributed by atoms with Crippen molar-refractivity contribution in [3.05, 3.63) is 121 Å². The second kappa shape index (κ2) is 8.29. The van der Waals surface area contributed by atoms with Crippen LogP contribution in [0.25, 0.3) is 38.7 Å². The Balaban J connectivity index is 1.59. The third kappa shape index (κ3) is 4.17. The van der Waals surface area contributed by atoms with E-state index in [1.807, 2.05) is 53.2 Å². The van der Waals surface area contributed by atoms with Crippen molar-refractivity contribution in [2.24, 2.45) is 0 Å². The highest BCUT2D eigenvalue weighted by Crippen LogP contribution is 2.32. The van der Waals surface area contributed by atoms with Crippen molar-refractivity contribution in [3.8, 4) is 27.9 Å². The molecular weight excluding hydrogens is 405 g/mol. The summed E-state index contributed by atoms with van der Waals surface area (Å²) in [7, 11) is 0. The largest absolute Gasteiger partial charge is 0.284 e. The van der Waals surface area contributed by atoms with Gasteiger partial charge in [-0.2, -0.15) is 0 Å². The van der Waals surface area contributed by atoms with Crippen molar-refractivity contribution >= 4 is 10.8 Å². The van der Waals surface area contributed by atoms with Gasteiger partial charge in [0.2, 0.25) is 0 Å². The van der Waals surface area contributed by atoms with E-state index in [-0.39, 0.29) is 11.2 Å². The lowest BCUT2D eigenvalue weighted by Gasteiger charge is -2.23. The van der Waals surface area contributed by atoms with Gasteiger partial charge in [-0.3, -0.25) is 8.96 Å². The molecule has 0 N–H and O–H groups in total. The van der Waals surface area contributed by atoms with Crippen molar-refractivity contribution in [2.75, 3.05) is 0 Å². The maximum Gasteiger partial charge on any atom is 0.155 e. The van der Waals surface area contributed by atoms with Crippen LogP contribution in [0.2, 0.25) is 0 Å². The summed E-state index contributed by atoms with van der Waals surface area (Å²) in [4.78, 5) is 0. The Hall–Kier alpha value is -3.78. The molecule has 0 saturated heterocycles. The molecule has 0 atom stereocenters. The minimum absolute atomic E-state index is 0.0215. The first-order chi connectivity index (χ1) is 15.9. The SMILES string of the molecule is CC(C)(C)c1cc(-[n+]2[c-]cc(F)c(-c3ccc(-c4ccccc4)cc3)c2)cc2ccccc12. The summed E-state index contributed by atoms with van der Waals surface area (Å²) >= 11 is 0. The number of nitrogens with zero attached hydrogens (tertiary/aromatic N) is 1. The molecule has 1 nitrogen and oxygen atoms in total. The number of halogens is 1. The van der Waals surface area contributed by atoms with Crippen molar-refractivity contribution in [3.63, 3.8) is 0 Å². The number of aromatic nitrogens is 1. The van der Waals surface area contributed by atoms with E-state index >= 15 is 0 Å². The quantitative estimate of drug-likeness (QED) is 0.204. The molecule has 0 radical (unpaired) electrons. The lowest BCUT2D eigenvalue weighted by Crippen LogP contribution is -2.31. The van der Waals surface area contributed by atoms with Crippen LogP contribution in [0.1, 0.15) is 26.3 Å². The molecule has 2 heteroatoms. The maximum absolute atomic E-state index is 14.9. The average Bonchev–Trinajstić information content (AvgIpc) is 2.84. The Morgan fingerprint density at radius 3 is 2.09 bits per heavy atom. The molecular formula is C31H26FN. The van der Waals surface area contributed by atoms with Crippen molar-refractivity contribution in [1.29, 1.82) is 0 Å². The van der Waals surface area contributed by atoms with Gasteiger partial charge in [0.15, 0.2) is 6.20 Å². The third-order valence-corrected chi connectivity index (χ3v) is 6.08. The van der Waals surface area contributed by atoms with Gasteiger partial charge in [-0.05, 0) is 62.2 Å². The molecule has 5 rings (SSSR count). The molecule has 33 heavy (non-hydrogen) atoms. The standard InChI is InChI=1S/C31H26FN/c1-31(2,3)29-20-26(19-25-11-7-8-12-27(25)29)33-18-17-30(32)28(21-33)24-15-13-23(14-16-24)22-9-5-4-6-10-22/h4-17,19-21H,1-3H3. The lowest BCUT2D eigenvalue weighted by atomic mass is 9.83. The summed E-state index contributed by atoms with van der Waals surface area (Å²) in [6.07, 6.45) is 4.92. The van der Waals surface area contributed by atoms with Crippen molar-refractivity contribution in [2.45, 2.75) is 26.2 Å². The van der Waals surface area contributed by atoms with Gasteiger partial charge in [0.05, 0.1) is 12.0 Å². The zero-order chi connectivity index (χ0) is 23.0. The van der Waals surface area contributed by atoms with Gasteiger partial charge in [0.1, 0.15) is 5.69 Å². The normalized spacial score (nSPS) is 11.6. The smallest absolute Gasteiger partial charge is 0.155 e. The predicted octanol–water partition coefficient (Wildman–Crippen LogP) is 7.69. The first kappa shape index (κ1) is 21.1. The Bertz CT molecular complexity index is 1430. The first-order valence-electron chi connectivity index (χ1n) is 11.2. The summed E-state index contributed by atoms with van der Waals surface area (Å²) in [5.41, 5.74) is 5.86. The molecule has 1 aromatic heterocycles. The van der Waals surface area contributed by atoms with Gasteiger partial charge in [-0.25, -0.2) is 0 Å². The molecule has 0 amide bonds. The van der Waals surface area contributed by atoms with E-state index < -0.39 is 0 Å². The number of hydrogen-bond acceptors (Lipinski definition) is 0. The molecule has 0 unspecified atom stereocenters. The van der Waals surface area contributed by atoms with Crippen LogP contribution in [-0.4, -0.2) is 0 Å². The van der Waals surface area contributed by atoms with E-state index in [0.29, 0.717) is 5.56 Å². The number of hydrogen-bond donors (Lipinski definition) is 0. The van der Waals surface area contributed by atoms with Crippen LogP contribution in [0, 0.1) is 12.0 Å². The van der Waals surface area contributed by atoms with Gasteiger partial charge >= 0.3 is 0 Å². The van der Waals surface area contributed by atoms with Gasteiger partial charge in [0, 0.05) is 0 Å². The van der Waals surface area contributed by atoms with Gasteiger partial charge in [-0.15, -0.1) is 0 Å². The zero-order valence-corrected chi connectivity index (χ0v) is 19.1. The van der Waals surface area contributed by atoms with E-state index in [1.54, 1.807) is 0 Å². The lowest BCUT2D eigenvalue weighted by molar-refractivity contribution is -0.599. The molecule has 0 aliphatic heterocycles. The summed E-state index contributed by atoms with van der Waals surface area (Å²) in [5, 5.41) is 2.41. The van der Waals surface area contributed by atoms with Crippen LogP contribution in [0.15, 0.2) is 103 Å². The molecule has 0 spiro atoms. The molecule has 162 valence electrons. The van der Waals surface area contributed by atoms with Crippen LogP contribution >= 0.6 is 0 Å². The summed E-state index contributed by atoms with van der Waals surface area (Å²) in [5.74, 6) is -0.282. The minimum atomic E-state index is -0.282. The molecule has 1 heterocycles. The fourth-order valence-electron chi connectivity index (χ4n) is 4.32. The second-order valence-electron chi connectivity index (χ2n) is 9.44. The highest BCUT2D eigenvalue weighted by Gasteiger charge is 2.19. The van der Waals surface area contributed by atoms with Gasteiger partial charge in [0.25, 0.3) is 0 Å². The fourth-order valence-corrected chi connectivity index (χ4v) is 4.32. The molecule has 0 aliphatic carbocycles. The Morgan fingerprint density at radius 2 is 1.36 bits per heavy atom. The first-order valence-corrected chi connectivity index (χ1v) is 11.2. The second-order valence-corrected chi connectivity index (χ2v) is 9.44. The van der Waals surface area contributed by atoms with Crippen molar-refractivity contribution < 1.29 is 8.96 Å². The maximum atomic E-state index is 14.9. The van der Waals surface area contributed by atoms with Crippen molar-refractivity contribution in [1.82, 2.24) is 0 Å². The van der Waals surface area contributed by atoms with Gasteiger partial charge < -0.3 is 0 Å². The number of fused-ring (bicyclic) bond motifs is 1. The highest BCUT2D eigenvalue weighted by molar-refractivity contribution is 5.88. The Kier molecular flexibility index (Phi) is 5.30. The van der Waals surface area contributed by atoms with Crippen LogP contribution < -0.4 is 4.57 Å².